The van der Waals surface area contributed by atoms with E-state index in [0.29, 0.717) is 19.4 Å². The van der Waals surface area contributed by atoms with Crippen molar-refractivity contribution >= 4 is 34.7 Å². The van der Waals surface area contributed by atoms with E-state index in [-0.39, 0.29) is 17.3 Å². The molecule has 1 fully saturated rings. The van der Waals surface area contributed by atoms with E-state index >= 15 is 0 Å². The minimum absolute atomic E-state index is 0.145. The first kappa shape index (κ1) is 17.5. The molecule has 0 aromatic carbocycles. The Morgan fingerprint density at radius 3 is 2.57 bits per heavy atom. The quantitative estimate of drug-likeness (QED) is 0.713. The van der Waals surface area contributed by atoms with Gasteiger partial charge in [0.15, 0.2) is 5.12 Å². The molecule has 0 spiro atoms. The number of likely N-dealkylation sites (tertiary alicyclic amines) is 1. The molecular formula is C13H19NO6S. The fraction of sp³-hybridized carbons (Fsp3) is 0.692. The van der Waals surface area contributed by atoms with Crippen molar-refractivity contribution in [2.24, 2.45) is 5.92 Å². The zero-order valence-electron chi connectivity index (χ0n) is 12.0. The fourth-order valence-corrected chi connectivity index (χ4v) is 2.94. The summed E-state index contributed by atoms with van der Waals surface area (Å²) in [5.74, 6) is -2.60. The molecule has 1 aliphatic heterocycles. The zero-order valence-corrected chi connectivity index (χ0v) is 12.9. The number of methoxy groups -OCH3 is 1. The van der Waals surface area contributed by atoms with Gasteiger partial charge in [-0.3, -0.25) is 14.4 Å². The molecule has 1 amide bonds. The van der Waals surface area contributed by atoms with Gasteiger partial charge in [-0.05, 0) is 12.8 Å². The molecule has 1 aliphatic rings. The molecule has 1 rings (SSSR count). The highest BCUT2D eigenvalue weighted by Gasteiger charge is 2.37. The van der Waals surface area contributed by atoms with Gasteiger partial charge in [-0.1, -0.05) is 11.8 Å². The maximum Gasteiger partial charge on any atom is 0.326 e. The van der Waals surface area contributed by atoms with E-state index in [9.17, 15) is 19.2 Å². The van der Waals surface area contributed by atoms with Crippen LogP contribution in [-0.2, 0) is 23.9 Å². The summed E-state index contributed by atoms with van der Waals surface area (Å²) in [4.78, 5) is 47.3. The number of carbonyl (C=O) groups is 4. The van der Waals surface area contributed by atoms with Crippen LogP contribution in [0.3, 0.4) is 0 Å². The number of amides is 1. The lowest BCUT2D eigenvalue weighted by Gasteiger charge is -2.26. The molecular weight excluding hydrogens is 298 g/mol. The third-order valence-corrected chi connectivity index (χ3v) is 4.27. The summed E-state index contributed by atoms with van der Waals surface area (Å²) < 4.78 is 4.55. The first-order valence-electron chi connectivity index (χ1n) is 6.60. The third kappa shape index (κ3) is 5.04. The van der Waals surface area contributed by atoms with Crippen molar-refractivity contribution < 1.29 is 29.0 Å². The smallest absolute Gasteiger partial charge is 0.326 e. The van der Waals surface area contributed by atoms with Crippen LogP contribution in [0.2, 0.25) is 0 Å². The molecule has 1 saturated heterocycles. The number of esters is 1. The van der Waals surface area contributed by atoms with Crippen LogP contribution in [-0.4, -0.2) is 58.4 Å². The average molecular weight is 317 g/mol. The number of aliphatic carboxylic acids is 1. The number of nitrogens with zero attached hydrogens (tertiary/aromatic N) is 1. The summed E-state index contributed by atoms with van der Waals surface area (Å²) in [5.41, 5.74) is 0. The number of carbonyl (C=O) groups excluding carboxylic acids is 3. The second-order valence-electron chi connectivity index (χ2n) is 4.81. The van der Waals surface area contributed by atoms with Gasteiger partial charge in [0.1, 0.15) is 6.04 Å². The van der Waals surface area contributed by atoms with E-state index < -0.39 is 29.8 Å². The van der Waals surface area contributed by atoms with Crippen molar-refractivity contribution in [2.45, 2.75) is 32.2 Å². The van der Waals surface area contributed by atoms with Crippen LogP contribution in [0.1, 0.15) is 26.2 Å². The van der Waals surface area contributed by atoms with E-state index in [2.05, 4.69) is 4.74 Å². The van der Waals surface area contributed by atoms with Gasteiger partial charge in [0.2, 0.25) is 5.91 Å². The Hall–Kier alpha value is -1.57. The summed E-state index contributed by atoms with van der Waals surface area (Å²) in [6.07, 6.45) is 0.873. The molecule has 2 atom stereocenters. The molecule has 118 valence electrons. The molecule has 0 saturated carbocycles. The van der Waals surface area contributed by atoms with Gasteiger partial charge >= 0.3 is 11.9 Å². The molecule has 0 aromatic rings. The van der Waals surface area contributed by atoms with Gasteiger partial charge in [-0.25, -0.2) is 4.79 Å². The second-order valence-corrected chi connectivity index (χ2v) is 6.00. The molecule has 21 heavy (non-hydrogen) atoms. The van der Waals surface area contributed by atoms with Crippen molar-refractivity contribution in [3.8, 4) is 0 Å². The summed E-state index contributed by atoms with van der Waals surface area (Å²) in [6, 6.07) is -0.847. The first-order valence-corrected chi connectivity index (χ1v) is 7.58. The molecule has 0 bridgehead atoms. The van der Waals surface area contributed by atoms with Gasteiger partial charge in [0, 0.05) is 19.2 Å². The Morgan fingerprint density at radius 1 is 1.38 bits per heavy atom. The molecule has 1 heterocycles. The Balaban J connectivity index is 2.79. The molecule has 7 nitrogen and oxygen atoms in total. The SMILES string of the molecule is COC(=O)CC(CSC(C)=O)C(=O)N1CCC[C@H]1C(=O)O. The van der Waals surface area contributed by atoms with Gasteiger partial charge < -0.3 is 14.7 Å². The predicted molar refractivity (Wildman–Crippen MR) is 75.6 cm³/mol. The van der Waals surface area contributed by atoms with Crippen molar-refractivity contribution in [3.63, 3.8) is 0 Å². The van der Waals surface area contributed by atoms with Crippen molar-refractivity contribution in [2.75, 3.05) is 19.4 Å². The Morgan fingerprint density at radius 2 is 2.05 bits per heavy atom. The summed E-state index contributed by atoms with van der Waals surface area (Å²) >= 11 is 0.947. The maximum atomic E-state index is 12.5. The summed E-state index contributed by atoms with van der Waals surface area (Å²) in [5, 5.41) is 8.96. The summed E-state index contributed by atoms with van der Waals surface area (Å²) in [7, 11) is 1.22. The minimum Gasteiger partial charge on any atom is -0.480 e. The van der Waals surface area contributed by atoms with E-state index in [1.54, 1.807) is 0 Å². The van der Waals surface area contributed by atoms with Gasteiger partial charge in [-0.2, -0.15) is 0 Å². The fourth-order valence-electron chi connectivity index (χ4n) is 2.24. The van der Waals surface area contributed by atoms with Crippen LogP contribution in [0, 0.1) is 5.92 Å². The molecule has 0 aliphatic carbocycles. The normalized spacial score (nSPS) is 19.1. The number of hydrogen-bond donors (Lipinski definition) is 1. The Bertz CT molecular complexity index is 438. The summed E-state index contributed by atoms with van der Waals surface area (Å²) in [6.45, 7) is 1.73. The number of hydrogen-bond acceptors (Lipinski definition) is 6. The molecule has 1 unspecified atom stereocenters. The number of carboxylic acid groups (broad SMARTS) is 1. The van der Waals surface area contributed by atoms with Crippen molar-refractivity contribution in [3.05, 3.63) is 0 Å². The maximum absolute atomic E-state index is 12.5. The number of carboxylic acids is 1. The minimum atomic E-state index is -1.04. The van der Waals surface area contributed by atoms with Crippen LogP contribution in [0.4, 0.5) is 0 Å². The number of ether oxygens (including phenoxy) is 1. The predicted octanol–water partition coefficient (Wildman–Crippen LogP) is 0.521. The van der Waals surface area contributed by atoms with Crippen molar-refractivity contribution in [1.82, 2.24) is 4.90 Å². The van der Waals surface area contributed by atoms with E-state index in [1.807, 2.05) is 0 Å². The zero-order chi connectivity index (χ0) is 16.0. The van der Waals surface area contributed by atoms with Crippen molar-refractivity contribution in [1.29, 1.82) is 0 Å². The van der Waals surface area contributed by atoms with Crippen LogP contribution in [0.15, 0.2) is 0 Å². The van der Waals surface area contributed by atoms with Gasteiger partial charge in [0.25, 0.3) is 0 Å². The highest BCUT2D eigenvalue weighted by Crippen LogP contribution is 2.24. The standard InChI is InChI=1S/C13H19NO6S/c1-8(15)21-7-9(6-11(16)20-2)12(17)14-5-3-4-10(14)13(18)19/h9-10H,3-7H2,1-2H3,(H,18,19)/t9?,10-/m0/s1. The Kier molecular flexibility index (Phi) is 6.67. The van der Waals surface area contributed by atoms with E-state index in [4.69, 9.17) is 5.11 Å². The topological polar surface area (TPSA) is 101 Å². The number of rotatable bonds is 6. The van der Waals surface area contributed by atoms with Crippen LogP contribution >= 0.6 is 11.8 Å². The van der Waals surface area contributed by atoms with Crippen LogP contribution in [0.25, 0.3) is 0 Å². The molecule has 0 radical (unpaired) electrons. The van der Waals surface area contributed by atoms with E-state index in [0.717, 1.165) is 11.8 Å². The third-order valence-electron chi connectivity index (χ3n) is 3.30. The lowest BCUT2D eigenvalue weighted by molar-refractivity contribution is -0.151. The second kappa shape index (κ2) is 8.02. The Labute approximate surface area is 127 Å². The van der Waals surface area contributed by atoms with Gasteiger partial charge in [-0.15, -0.1) is 0 Å². The number of thioether (sulfide) groups is 1. The first-order chi connectivity index (χ1) is 9.86. The van der Waals surface area contributed by atoms with E-state index in [1.165, 1.54) is 18.9 Å². The largest absolute Gasteiger partial charge is 0.480 e. The molecule has 1 N–H and O–H groups in total. The molecule has 0 aromatic heterocycles. The average Bonchev–Trinajstić information content (AvgIpc) is 2.91. The monoisotopic (exact) mass is 317 g/mol. The highest BCUT2D eigenvalue weighted by atomic mass is 32.2. The lowest BCUT2D eigenvalue weighted by atomic mass is 10.1. The highest BCUT2D eigenvalue weighted by molar-refractivity contribution is 8.13. The van der Waals surface area contributed by atoms with Gasteiger partial charge in [0.05, 0.1) is 19.4 Å². The van der Waals surface area contributed by atoms with Crippen LogP contribution in [0.5, 0.6) is 0 Å². The molecule has 8 heteroatoms. The lowest BCUT2D eigenvalue weighted by Crippen LogP contribution is -2.44. The van der Waals surface area contributed by atoms with Crippen LogP contribution < -0.4 is 0 Å².